The van der Waals surface area contributed by atoms with Gasteiger partial charge < -0.3 is 10.6 Å². The number of hydrogen-bond donors (Lipinski definition) is 2. The van der Waals surface area contributed by atoms with Crippen LogP contribution in [0.5, 0.6) is 0 Å². The first kappa shape index (κ1) is 14.8. The van der Waals surface area contributed by atoms with E-state index >= 15 is 0 Å². The van der Waals surface area contributed by atoms with E-state index in [9.17, 15) is 4.79 Å². The zero-order valence-corrected chi connectivity index (χ0v) is 12.9. The summed E-state index contributed by atoms with van der Waals surface area (Å²) in [4.78, 5) is 16.0. The molecule has 3 aromatic rings. The van der Waals surface area contributed by atoms with Crippen molar-refractivity contribution in [2.24, 2.45) is 0 Å². The Morgan fingerprint density at radius 3 is 2.48 bits per heavy atom. The standard InChI is InChI=1S/C17H17N5O/c1-12-3-4-14(9-13(12)2)20-17(23)21-15-10-19-22(11-15)16-5-7-18-8-6-16/h3-11H,1-2H3,(H2,20,21,23). The predicted molar refractivity (Wildman–Crippen MR) is 89.9 cm³/mol. The van der Waals surface area contributed by atoms with Crippen LogP contribution < -0.4 is 10.6 Å². The molecule has 0 aliphatic rings. The fraction of sp³-hybridized carbons (Fsp3) is 0.118. The monoisotopic (exact) mass is 307 g/mol. The minimum Gasteiger partial charge on any atom is -0.308 e. The third-order valence-corrected chi connectivity index (χ3v) is 3.53. The van der Waals surface area contributed by atoms with Crippen molar-refractivity contribution in [3.63, 3.8) is 0 Å². The predicted octanol–water partition coefficient (Wildman–Crippen LogP) is 3.53. The fourth-order valence-electron chi connectivity index (χ4n) is 2.14. The van der Waals surface area contributed by atoms with Gasteiger partial charge in [0.05, 0.1) is 23.8 Å². The molecule has 2 heterocycles. The Morgan fingerprint density at radius 2 is 1.74 bits per heavy atom. The van der Waals surface area contributed by atoms with E-state index in [0.717, 1.165) is 16.9 Å². The van der Waals surface area contributed by atoms with E-state index in [4.69, 9.17) is 0 Å². The van der Waals surface area contributed by atoms with Crippen molar-refractivity contribution in [3.8, 4) is 5.69 Å². The number of amides is 2. The average molecular weight is 307 g/mol. The number of urea groups is 1. The maximum Gasteiger partial charge on any atom is 0.323 e. The highest BCUT2D eigenvalue weighted by Crippen LogP contribution is 2.15. The van der Waals surface area contributed by atoms with E-state index < -0.39 is 0 Å². The molecule has 1 aromatic carbocycles. The Kier molecular flexibility index (Phi) is 4.05. The summed E-state index contributed by atoms with van der Waals surface area (Å²) >= 11 is 0. The number of hydrogen-bond acceptors (Lipinski definition) is 3. The third-order valence-electron chi connectivity index (χ3n) is 3.53. The number of pyridine rings is 1. The molecule has 23 heavy (non-hydrogen) atoms. The molecule has 0 aliphatic carbocycles. The summed E-state index contributed by atoms with van der Waals surface area (Å²) in [5.74, 6) is 0. The molecule has 0 radical (unpaired) electrons. The first-order valence-corrected chi connectivity index (χ1v) is 7.22. The van der Waals surface area contributed by atoms with Gasteiger partial charge in [-0.15, -0.1) is 0 Å². The van der Waals surface area contributed by atoms with Gasteiger partial charge in [0.2, 0.25) is 0 Å². The minimum atomic E-state index is -0.303. The molecule has 6 heteroatoms. The van der Waals surface area contributed by atoms with Gasteiger partial charge in [-0.3, -0.25) is 4.98 Å². The largest absolute Gasteiger partial charge is 0.323 e. The average Bonchev–Trinajstić information content (AvgIpc) is 3.00. The molecule has 0 unspecified atom stereocenters. The quantitative estimate of drug-likeness (QED) is 0.777. The van der Waals surface area contributed by atoms with E-state index in [1.165, 1.54) is 5.56 Å². The lowest BCUT2D eigenvalue weighted by molar-refractivity contribution is 0.262. The lowest BCUT2D eigenvalue weighted by atomic mass is 10.1. The lowest BCUT2D eigenvalue weighted by Crippen LogP contribution is -2.19. The molecule has 116 valence electrons. The summed E-state index contributed by atoms with van der Waals surface area (Å²) < 4.78 is 1.67. The van der Waals surface area contributed by atoms with Crippen LogP contribution in [-0.4, -0.2) is 20.8 Å². The van der Waals surface area contributed by atoms with Gasteiger partial charge >= 0.3 is 6.03 Å². The Morgan fingerprint density at radius 1 is 1.00 bits per heavy atom. The highest BCUT2D eigenvalue weighted by atomic mass is 16.2. The molecule has 0 bridgehead atoms. The van der Waals surface area contributed by atoms with Crippen molar-refractivity contribution >= 4 is 17.4 Å². The van der Waals surface area contributed by atoms with E-state index in [-0.39, 0.29) is 6.03 Å². The van der Waals surface area contributed by atoms with Gasteiger partial charge in [0.15, 0.2) is 0 Å². The zero-order valence-electron chi connectivity index (χ0n) is 12.9. The van der Waals surface area contributed by atoms with Crippen LogP contribution in [0, 0.1) is 13.8 Å². The number of benzene rings is 1. The molecule has 2 aromatic heterocycles. The molecule has 6 nitrogen and oxygen atoms in total. The van der Waals surface area contributed by atoms with Gasteiger partial charge in [0.1, 0.15) is 0 Å². The summed E-state index contributed by atoms with van der Waals surface area (Å²) in [6.07, 6.45) is 6.73. The maximum absolute atomic E-state index is 12.1. The number of carbonyl (C=O) groups excluding carboxylic acids is 1. The summed E-state index contributed by atoms with van der Waals surface area (Å²) in [6.45, 7) is 4.05. The number of carbonyl (C=O) groups is 1. The van der Waals surface area contributed by atoms with E-state index in [0.29, 0.717) is 5.69 Å². The number of aromatic nitrogens is 3. The van der Waals surface area contributed by atoms with Crippen LogP contribution in [0.2, 0.25) is 0 Å². The molecule has 0 atom stereocenters. The van der Waals surface area contributed by atoms with Gasteiger partial charge in [-0.1, -0.05) is 6.07 Å². The summed E-state index contributed by atoms with van der Waals surface area (Å²) in [5.41, 5.74) is 4.57. The second kappa shape index (κ2) is 6.31. The van der Waals surface area contributed by atoms with E-state index in [1.807, 2.05) is 44.2 Å². The minimum absolute atomic E-state index is 0.303. The van der Waals surface area contributed by atoms with Crippen molar-refractivity contribution in [2.75, 3.05) is 10.6 Å². The van der Waals surface area contributed by atoms with Crippen LogP contribution in [0.3, 0.4) is 0 Å². The molecular weight excluding hydrogens is 290 g/mol. The summed E-state index contributed by atoms with van der Waals surface area (Å²) in [6, 6.07) is 9.17. The third kappa shape index (κ3) is 3.55. The summed E-state index contributed by atoms with van der Waals surface area (Å²) in [7, 11) is 0. The molecular formula is C17H17N5O. The Labute approximate surface area is 134 Å². The number of nitrogens with one attached hydrogen (secondary N) is 2. The zero-order chi connectivity index (χ0) is 16.2. The SMILES string of the molecule is Cc1ccc(NC(=O)Nc2cnn(-c3ccncc3)c2)cc1C. The first-order valence-electron chi connectivity index (χ1n) is 7.22. The lowest BCUT2D eigenvalue weighted by Gasteiger charge is -2.08. The topological polar surface area (TPSA) is 71.8 Å². The van der Waals surface area contributed by atoms with Gasteiger partial charge in [-0.25, -0.2) is 9.48 Å². The van der Waals surface area contributed by atoms with Crippen LogP contribution in [0.25, 0.3) is 5.69 Å². The van der Waals surface area contributed by atoms with Crippen LogP contribution in [0.1, 0.15) is 11.1 Å². The Hall–Kier alpha value is -3.15. The Bertz CT molecular complexity index is 826. The van der Waals surface area contributed by atoms with Gasteiger partial charge in [0, 0.05) is 18.1 Å². The molecule has 0 saturated carbocycles. The summed E-state index contributed by atoms with van der Waals surface area (Å²) in [5, 5.41) is 9.79. The van der Waals surface area contributed by atoms with Crippen LogP contribution in [-0.2, 0) is 0 Å². The second-order valence-electron chi connectivity index (χ2n) is 5.26. The van der Waals surface area contributed by atoms with Crippen molar-refractivity contribution in [3.05, 3.63) is 66.2 Å². The molecule has 3 rings (SSSR count). The first-order chi connectivity index (χ1) is 11.1. The molecule has 2 N–H and O–H groups in total. The van der Waals surface area contributed by atoms with E-state index in [1.54, 1.807) is 29.5 Å². The van der Waals surface area contributed by atoms with Gasteiger partial charge in [-0.2, -0.15) is 5.10 Å². The normalized spacial score (nSPS) is 10.3. The smallest absolute Gasteiger partial charge is 0.308 e. The van der Waals surface area contributed by atoms with Crippen molar-refractivity contribution in [1.82, 2.24) is 14.8 Å². The molecule has 0 spiro atoms. The number of rotatable bonds is 3. The van der Waals surface area contributed by atoms with Crippen molar-refractivity contribution < 1.29 is 4.79 Å². The number of anilines is 2. The second-order valence-corrected chi connectivity index (χ2v) is 5.26. The molecule has 0 fully saturated rings. The van der Waals surface area contributed by atoms with E-state index in [2.05, 4.69) is 20.7 Å². The Balaban J connectivity index is 1.66. The molecule has 2 amide bonds. The van der Waals surface area contributed by atoms with Crippen LogP contribution in [0.15, 0.2) is 55.1 Å². The van der Waals surface area contributed by atoms with Crippen molar-refractivity contribution in [1.29, 1.82) is 0 Å². The maximum atomic E-state index is 12.1. The van der Waals surface area contributed by atoms with Gasteiger partial charge in [-0.05, 0) is 49.2 Å². The number of nitrogens with zero attached hydrogens (tertiary/aromatic N) is 3. The van der Waals surface area contributed by atoms with Crippen molar-refractivity contribution in [2.45, 2.75) is 13.8 Å². The molecule has 0 aliphatic heterocycles. The molecule has 0 saturated heterocycles. The van der Waals surface area contributed by atoms with Gasteiger partial charge in [0.25, 0.3) is 0 Å². The highest BCUT2D eigenvalue weighted by Gasteiger charge is 2.06. The van der Waals surface area contributed by atoms with Crippen LogP contribution in [0.4, 0.5) is 16.2 Å². The fourth-order valence-corrected chi connectivity index (χ4v) is 2.14. The highest BCUT2D eigenvalue weighted by molar-refractivity contribution is 5.99. The number of aryl methyl sites for hydroxylation is 2. The van der Waals surface area contributed by atoms with Crippen LogP contribution >= 0.6 is 0 Å².